The molecule has 4 rings (SSSR count). The van der Waals surface area contributed by atoms with E-state index < -0.39 is 0 Å². The Morgan fingerprint density at radius 1 is 1.26 bits per heavy atom. The second-order valence-corrected chi connectivity index (χ2v) is 8.30. The highest BCUT2D eigenvalue weighted by Crippen LogP contribution is 2.28. The fourth-order valence-corrected chi connectivity index (χ4v) is 3.88. The number of anilines is 1. The van der Waals surface area contributed by atoms with Crippen LogP contribution in [-0.4, -0.2) is 58.3 Å². The molecule has 1 aliphatic heterocycles. The SMILES string of the molecule is C[C@@H](Sc1nnc(N2CCOCC2)n1Cc1ccccc1)C(=O)NC1CC1. The smallest absolute Gasteiger partial charge is 0.233 e. The zero-order valence-electron chi connectivity index (χ0n) is 15.5. The second kappa shape index (κ2) is 8.31. The number of ether oxygens (including phenoxy) is 1. The molecule has 1 amide bonds. The average Bonchev–Trinajstić information content (AvgIpc) is 3.44. The number of carbonyl (C=O) groups excluding carboxylic acids is 1. The van der Waals surface area contributed by atoms with Gasteiger partial charge in [0.05, 0.1) is 25.0 Å². The molecule has 2 fully saturated rings. The molecule has 1 saturated carbocycles. The van der Waals surface area contributed by atoms with Gasteiger partial charge in [0.1, 0.15) is 0 Å². The molecule has 27 heavy (non-hydrogen) atoms. The van der Waals surface area contributed by atoms with Crippen LogP contribution in [0, 0.1) is 0 Å². The highest BCUT2D eigenvalue weighted by atomic mass is 32.2. The van der Waals surface area contributed by atoms with Gasteiger partial charge in [0.2, 0.25) is 11.9 Å². The van der Waals surface area contributed by atoms with Crippen LogP contribution in [0.5, 0.6) is 0 Å². The van der Waals surface area contributed by atoms with Gasteiger partial charge < -0.3 is 15.0 Å². The number of hydrogen-bond acceptors (Lipinski definition) is 6. The standard InChI is InChI=1S/C19H25N5O2S/c1-14(17(25)20-16-7-8-16)27-19-22-21-18(23-9-11-26-12-10-23)24(19)13-15-5-3-2-4-6-15/h2-6,14,16H,7-13H2,1H3,(H,20,25)/t14-/m1/s1. The molecule has 1 N–H and O–H groups in total. The molecule has 0 unspecified atom stereocenters. The molecular formula is C19H25N5O2S. The van der Waals surface area contributed by atoms with Crippen molar-refractivity contribution in [1.82, 2.24) is 20.1 Å². The summed E-state index contributed by atoms with van der Waals surface area (Å²) in [4.78, 5) is 14.6. The number of nitrogens with zero attached hydrogens (tertiary/aromatic N) is 4. The van der Waals surface area contributed by atoms with Crippen LogP contribution in [0.4, 0.5) is 5.95 Å². The lowest BCUT2D eigenvalue weighted by atomic mass is 10.2. The third-order valence-electron chi connectivity index (χ3n) is 4.75. The lowest BCUT2D eigenvalue weighted by molar-refractivity contribution is -0.120. The van der Waals surface area contributed by atoms with Crippen molar-refractivity contribution in [1.29, 1.82) is 0 Å². The van der Waals surface area contributed by atoms with E-state index >= 15 is 0 Å². The van der Waals surface area contributed by atoms with Crippen molar-refractivity contribution in [2.24, 2.45) is 0 Å². The predicted molar refractivity (Wildman–Crippen MR) is 105 cm³/mol. The summed E-state index contributed by atoms with van der Waals surface area (Å²) >= 11 is 1.47. The van der Waals surface area contributed by atoms with Crippen molar-refractivity contribution in [2.45, 2.75) is 42.8 Å². The summed E-state index contributed by atoms with van der Waals surface area (Å²) in [6, 6.07) is 10.6. The first-order valence-corrected chi connectivity index (χ1v) is 10.4. The van der Waals surface area contributed by atoms with E-state index in [1.807, 2.05) is 25.1 Å². The van der Waals surface area contributed by atoms with Gasteiger partial charge >= 0.3 is 0 Å². The first-order valence-electron chi connectivity index (χ1n) is 9.47. The predicted octanol–water partition coefficient (Wildman–Crippen LogP) is 1.92. The van der Waals surface area contributed by atoms with Crippen LogP contribution in [-0.2, 0) is 16.1 Å². The van der Waals surface area contributed by atoms with E-state index in [9.17, 15) is 4.79 Å². The third-order valence-corrected chi connectivity index (χ3v) is 5.83. The van der Waals surface area contributed by atoms with E-state index in [4.69, 9.17) is 4.74 Å². The van der Waals surface area contributed by atoms with Gasteiger partial charge in [-0.05, 0) is 25.3 Å². The molecule has 1 aromatic carbocycles. The molecule has 144 valence electrons. The van der Waals surface area contributed by atoms with Crippen LogP contribution in [0.3, 0.4) is 0 Å². The topological polar surface area (TPSA) is 72.3 Å². The minimum absolute atomic E-state index is 0.0738. The zero-order chi connectivity index (χ0) is 18.6. The van der Waals surface area contributed by atoms with Crippen LogP contribution in [0.25, 0.3) is 0 Å². The highest BCUT2D eigenvalue weighted by molar-refractivity contribution is 8.00. The summed E-state index contributed by atoms with van der Waals surface area (Å²) in [6.45, 7) is 5.60. The number of carbonyl (C=O) groups is 1. The largest absolute Gasteiger partial charge is 0.378 e. The van der Waals surface area contributed by atoms with Gasteiger partial charge in [-0.15, -0.1) is 10.2 Å². The highest BCUT2D eigenvalue weighted by Gasteiger charge is 2.28. The molecule has 0 radical (unpaired) electrons. The molecule has 1 aliphatic carbocycles. The first kappa shape index (κ1) is 18.3. The number of benzene rings is 1. The van der Waals surface area contributed by atoms with Crippen molar-refractivity contribution in [2.75, 3.05) is 31.2 Å². The molecule has 2 aliphatic rings. The molecular weight excluding hydrogens is 362 g/mol. The van der Waals surface area contributed by atoms with Crippen molar-refractivity contribution in [3.8, 4) is 0 Å². The molecule has 2 aromatic rings. The fraction of sp³-hybridized carbons (Fsp3) is 0.526. The number of amides is 1. The van der Waals surface area contributed by atoms with Gasteiger partial charge in [-0.2, -0.15) is 0 Å². The number of hydrogen-bond donors (Lipinski definition) is 1. The molecule has 0 spiro atoms. The average molecular weight is 388 g/mol. The van der Waals surface area contributed by atoms with Gasteiger partial charge in [0.25, 0.3) is 0 Å². The molecule has 0 bridgehead atoms. The Labute approximate surface area is 163 Å². The van der Waals surface area contributed by atoms with Crippen LogP contribution in [0.1, 0.15) is 25.3 Å². The Morgan fingerprint density at radius 3 is 2.70 bits per heavy atom. The summed E-state index contributed by atoms with van der Waals surface area (Å²) in [7, 11) is 0. The number of aromatic nitrogens is 3. The van der Waals surface area contributed by atoms with Gasteiger partial charge in [0.15, 0.2) is 5.16 Å². The van der Waals surface area contributed by atoms with Crippen LogP contribution in [0.2, 0.25) is 0 Å². The maximum Gasteiger partial charge on any atom is 0.233 e. The van der Waals surface area contributed by atoms with Crippen LogP contribution < -0.4 is 10.2 Å². The van der Waals surface area contributed by atoms with Crippen molar-refractivity contribution in [3.05, 3.63) is 35.9 Å². The molecule has 1 atom stereocenters. The normalized spacial score (nSPS) is 18.3. The van der Waals surface area contributed by atoms with E-state index in [1.54, 1.807) is 0 Å². The summed E-state index contributed by atoms with van der Waals surface area (Å²) < 4.78 is 7.59. The Balaban J connectivity index is 1.55. The number of morpholine rings is 1. The van der Waals surface area contributed by atoms with E-state index in [1.165, 1.54) is 17.3 Å². The van der Waals surface area contributed by atoms with Crippen molar-refractivity contribution >= 4 is 23.6 Å². The maximum absolute atomic E-state index is 12.4. The molecule has 1 aromatic heterocycles. The minimum atomic E-state index is -0.207. The maximum atomic E-state index is 12.4. The summed E-state index contributed by atoms with van der Waals surface area (Å²) in [5, 5.41) is 12.5. The minimum Gasteiger partial charge on any atom is -0.378 e. The van der Waals surface area contributed by atoms with Gasteiger partial charge in [0, 0.05) is 19.1 Å². The molecule has 7 nitrogen and oxygen atoms in total. The molecule has 2 heterocycles. The second-order valence-electron chi connectivity index (χ2n) is 7.00. The summed E-state index contributed by atoms with van der Waals surface area (Å²) in [5.41, 5.74) is 1.18. The Morgan fingerprint density at radius 2 is 2.00 bits per heavy atom. The quantitative estimate of drug-likeness (QED) is 0.732. The monoisotopic (exact) mass is 387 g/mol. The first-order chi connectivity index (χ1) is 13.2. The van der Waals surface area contributed by atoms with E-state index in [2.05, 4.69) is 37.1 Å². The Bertz CT molecular complexity index is 772. The van der Waals surface area contributed by atoms with Gasteiger partial charge in [-0.25, -0.2) is 0 Å². The Hall–Kier alpha value is -2.06. The Kier molecular flexibility index (Phi) is 5.63. The van der Waals surface area contributed by atoms with Crippen molar-refractivity contribution in [3.63, 3.8) is 0 Å². The number of thioether (sulfide) groups is 1. The van der Waals surface area contributed by atoms with Gasteiger partial charge in [-0.1, -0.05) is 42.1 Å². The fourth-order valence-electron chi connectivity index (χ4n) is 3.03. The lowest BCUT2D eigenvalue weighted by Gasteiger charge is -2.28. The van der Waals surface area contributed by atoms with E-state index in [0.717, 1.165) is 37.0 Å². The summed E-state index contributed by atoms with van der Waals surface area (Å²) in [6.07, 6.45) is 2.18. The zero-order valence-corrected chi connectivity index (χ0v) is 16.3. The number of rotatable bonds is 7. The van der Waals surface area contributed by atoms with Crippen molar-refractivity contribution < 1.29 is 9.53 Å². The summed E-state index contributed by atoms with van der Waals surface area (Å²) in [5.74, 6) is 0.920. The van der Waals surface area contributed by atoms with E-state index in [0.29, 0.717) is 25.8 Å². The number of nitrogens with one attached hydrogen (secondary N) is 1. The van der Waals surface area contributed by atoms with E-state index in [-0.39, 0.29) is 11.2 Å². The van der Waals surface area contributed by atoms with Crippen LogP contribution >= 0.6 is 11.8 Å². The molecule has 1 saturated heterocycles. The van der Waals surface area contributed by atoms with Gasteiger partial charge in [-0.3, -0.25) is 9.36 Å². The molecule has 8 heteroatoms. The third kappa shape index (κ3) is 4.62. The lowest BCUT2D eigenvalue weighted by Crippen LogP contribution is -2.38. The van der Waals surface area contributed by atoms with Crippen LogP contribution in [0.15, 0.2) is 35.5 Å².